The third-order valence-electron chi connectivity index (χ3n) is 6.76. The van der Waals surface area contributed by atoms with E-state index in [1.54, 1.807) is 6.08 Å². The van der Waals surface area contributed by atoms with Gasteiger partial charge in [0.25, 0.3) is 0 Å². The number of fused-ring (bicyclic) bond motifs is 2. The molecule has 1 atom stereocenters. The van der Waals surface area contributed by atoms with Gasteiger partial charge in [0.2, 0.25) is 5.72 Å². The summed E-state index contributed by atoms with van der Waals surface area (Å²) < 4.78 is 40.4. The van der Waals surface area contributed by atoms with Gasteiger partial charge < -0.3 is 24.8 Å². The first kappa shape index (κ1) is 22.2. The highest BCUT2D eigenvalue weighted by atomic mass is 19.1. The fraction of sp³-hybridized carbons (Fsp3) is 0.231. The highest BCUT2D eigenvalue weighted by Crippen LogP contribution is 2.56. The van der Waals surface area contributed by atoms with Gasteiger partial charge in [-0.1, -0.05) is 24.3 Å². The van der Waals surface area contributed by atoms with Gasteiger partial charge in [0.1, 0.15) is 11.6 Å². The van der Waals surface area contributed by atoms with Crippen LogP contribution < -0.4 is 19.6 Å². The van der Waals surface area contributed by atoms with Crippen LogP contribution in [0.4, 0.5) is 20.2 Å². The SMILES string of the molecule is COc1cc(N([O-])O)cc2c1OC1(C=C2)N(Cc2ccc(F)cc2F)c2ccccc2C1(C)C. The third kappa shape index (κ3) is 3.13. The topological polar surface area (TPSA) is 68.2 Å². The molecule has 1 unspecified atom stereocenters. The van der Waals surface area contributed by atoms with E-state index in [1.165, 1.54) is 31.4 Å². The number of nitrogens with zero attached hydrogens (tertiary/aromatic N) is 2. The number of benzene rings is 3. The van der Waals surface area contributed by atoms with Crippen LogP contribution in [0.25, 0.3) is 6.08 Å². The van der Waals surface area contributed by atoms with Gasteiger partial charge in [-0.05, 0) is 49.8 Å². The van der Waals surface area contributed by atoms with E-state index in [1.807, 2.05) is 49.1 Å². The first-order chi connectivity index (χ1) is 16.2. The molecule has 1 spiro atoms. The normalized spacial score (nSPS) is 19.6. The smallest absolute Gasteiger partial charge is 0.212 e. The van der Waals surface area contributed by atoms with Crippen LogP contribution in [0.2, 0.25) is 0 Å². The molecule has 0 aromatic heterocycles. The summed E-state index contributed by atoms with van der Waals surface area (Å²) in [6.45, 7) is 4.20. The summed E-state index contributed by atoms with van der Waals surface area (Å²) in [6, 6.07) is 14.2. The lowest BCUT2D eigenvalue weighted by molar-refractivity contribution is 0.0491. The van der Waals surface area contributed by atoms with Gasteiger partial charge in [-0.2, -0.15) is 0 Å². The van der Waals surface area contributed by atoms with E-state index in [9.17, 15) is 19.2 Å². The lowest BCUT2D eigenvalue weighted by Crippen LogP contribution is -2.59. The summed E-state index contributed by atoms with van der Waals surface area (Å²) in [5.41, 5.74) is 1.05. The highest BCUT2D eigenvalue weighted by molar-refractivity contribution is 5.76. The zero-order valence-electron chi connectivity index (χ0n) is 18.9. The summed E-state index contributed by atoms with van der Waals surface area (Å²) in [7, 11) is 1.44. The minimum atomic E-state index is -1.09. The predicted molar refractivity (Wildman–Crippen MR) is 125 cm³/mol. The van der Waals surface area contributed by atoms with E-state index in [2.05, 4.69) is 0 Å². The molecule has 2 aliphatic rings. The Morgan fingerprint density at radius 3 is 2.59 bits per heavy atom. The van der Waals surface area contributed by atoms with Crippen molar-refractivity contribution in [3.63, 3.8) is 0 Å². The quantitative estimate of drug-likeness (QED) is 0.494. The average Bonchev–Trinajstić information content (AvgIpc) is 2.98. The van der Waals surface area contributed by atoms with Gasteiger partial charge in [0, 0.05) is 35.5 Å². The average molecular weight is 465 g/mol. The fourth-order valence-electron chi connectivity index (χ4n) is 4.95. The van der Waals surface area contributed by atoms with Crippen LogP contribution in [0.1, 0.15) is 30.5 Å². The molecule has 0 radical (unpaired) electrons. The van der Waals surface area contributed by atoms with E-state index in [-0.39, 0.29) is 23.2 Å². The van der Waals surface area contributed by atoms with E-state index in [0.717, 1.165) is 17.3 Å². The van der Waals surface area contributed by atoms with Crippen LogP contribution in [0.15, 0.2) is 60.7 Å². The summed E-state index contributed by atoms with van der Waals surface area (Å²) in [6.07, 6.45) is 3.67. The van der Waals surface area contributed by atoms with Crippen molar-refractivity contribution < 1.29 is 23.5 Å². The molecule has 3 aromatic rings. The number of para-hydroxylation sites is 1. The Hall–Kier alpha value is -3.62. The predicted octanol–water partition coefficient (Wildman–Crippen LogP) is 5.77. The molecule has 0 aliphatic carbocycles. The number of anilines is 2. The van der Waals surface area contributed by atoms with E-state index < -0.39 is 22.8 Å². The maximum atomic E-state index is 14.7. The van der Waals surface area contributed by atoms with Crippen LogP contribution in [-0.2, 0) is 12.0 Å². The van der Waals surface area contributed by atoms with Crippen molar-refractivity contribution in [1.29, 1.82) is 0 Å². The second-order valence-electron chi connectivity index (χ2n) is 8.94. The minimum Gasteiger partial charge on any atom is -0.733 e. The lowest BCUT2D eigenvalue weighted by atomic mass is 9.76. The molecule has 2 heterocycles. The first-order valence-corrected chi connectivity index (χ1v) is 10.8. The zero-order valence-corrected chi connectivity index (χ0v) is 18.9. The number of rotatable bonds is 4. The van der Waals surface area contributed by atoms with Gasteiger partial charge in [0.05, 0.1) is 18.2 Å². The third-order valence-corrected chi connectivity index (χ3v) is 6.76. The molecule has 8 heteroatoms. The standard InChI is InChI=1S/C26H23F2N2O4/c1-25(2)20-6-4-5-7-22(20)29(15-17-8-9-18(27)13-21(17)28)26(25)11-10-16-12-19(30(31)32)14-23(33-3)24(16)34-26/h4-14,31H,15H2,1-3H3/q-1. The fourth-order valence-corrected chi connectivity index (χ4v) is 4.95. The van der Waals surface area contributed by atoms with Gasteiger partial charge in [-0.25, -0.2) is 8.78 Å². The molecule has 0 saturated carbocycles. The second kappa shape index (κ2) is 7.72. The first-order valence-electron chi connectivity index (χ1n) is 10.8. The van der Waals surface area contributed by atoms with E-state index >= 15 is 0 Å². The largest absolute Gasteiger partial charge is 0.733 e. The number of methoxy groups -OCH3 is 1. The molecule has 0 fully saturated rings. The van der Waals surface area contributed by atoms with Gasteiger partial charge in [-0.15, -0.1) is 0 Å². The molecule has 6 nitrogen and oxygen atoms in total. The van der Waals surface area contributed by atoms with Crippen molar-refractivity contribution in [2.75, 3.05) is 17.2 Å². The summed E-state index contributed by atoms with van der Waals surface area (Å²) in [4.78, 5) is 1.96. The minimum absolute atomic E-state index is 0.000919. The van der Waals surface area contributed by atoms with Crippen molar-refractivity contribution in [3.8, 4) is 11.5 Å². The molecule has 5 rings (SSSR count). The molecular formula is C26H23F2N2O4-. The zero-order chi connectivity index (χ0) is 24.3. The molecule has 1 N–H and O–H groups in total. The number of hydrogen-bond acceptors (Lipinski definition) is 6. The van der Waals surface area contributed by atoms with Crippen molar-refractivity contribution in [2.24, 2.45) is 0 Å². The van der Waals surface area contributed by atoms with Gasteiger partial charge >= 0.3 is 0 Å². The Morgan fingerprint density at radius 1 is 1.12 bits per heavy atom. The molecule has 0 bridgehead atoms. The summed E-state index contributed by atoms with van der Waals surface area (Å²) in [5, 5.41) is 20.6. The maximum absolute atomic E-state index is 14.7. The number of ether oxygens (including phenoxy) is 2. The summed E-state index contributed by atoms with van der Waals surface area (Å²) in [5.74, 6) is -0.622. The Kier molecular flexibility index (Phi) is 5.03. The van der Waals surface area contributed by atoms with Crippen LogP contribution in [0.5, 0.6) is 11.5 Å². The van der Waals surface area contributed by atoms with Crippen LogP contribution in [0, 0.1) is 16.8 Å². The second-order valence-corrected chi connectivity index (χ2v) is 8.94. The monoisotopic (exact) mass is 465 g/mol. The molecular weight excluding hydrogens is 442 g/mol. The Labute approximate surface area is 195 Å². The van der Waals surface area contributed by atoms with E-state index in [4.69, 9.17) is 9.47 Å². The molecule has 3 aromatic carbocycles. The van der Waals surface area contributed by atoms with E-state index in [0.29, 0.717) is 16.9 Å². The Balaban J connectivity index is 1.68. The van der Waals surface area contributed by atoms with Crippen molar-refractivity contribution in [2.45, 2.75) is 31.5 Å². The van der Waals surface area contributed by atoms with Crippen molar-refractivity contribution in [1.82, 2.24) is 0 Å². The van der Waals surface area contributed by atoms with Crippen LogP contribution in [-0.4, -0.2) is 18.0 Å². The maximum Gasteiger partial charge on any atom is 0.212 e. The van der Waals surface area contributed by atoms with Gasteiger partial charge in [-0.3, -0.25) is 5.21 Å². The molecule has 176 valence electrons. The van der Waals surface area contributed by atoms with Crippen molar-refractivity contribution in [3.05, 3.63) is 94.2 Å². The molecule has 2 aliphatic heterocycles. The molecule has 34 heavy (non-hydrogen) atoms. The number of hydrogen-bond donors (Lipinski definition) is 1. The van der Waals surface area contributed by atoms with Crippen LogP contribution in [0.3, 0.4) is 0 Å². The highest BCUT2D eigenvalue weighted by Gasteiger charge is 2.59. The number of halogens is 2. The summed E-state index contributed by atoms with van der Waals surface area (Å²) >= 11 is 0. The lowest BCUT2D eigenvalue weighted by Gasteiger charge is -2.47. The van der Waals surface area contributed by atoms with Gasteiger partial charge in [0.15, 0.2) is 11.5 Å². The molecule has 0 amide bonds. The Morgan fingerprint density at radius 2 is 1.88 bits per heavy atom. The van der Waals surface area contributed by atoms with Crippen molar-refractivity contribution >= 4 is 17.5 Å². The molecule has 0 saturated heterocycles. The Bertz CT molecular complexity index is 1310. The van der Waals surface area contributed by atoms with Crippen LogP contribution >= 0.6 is 0 Å².